The maximum absolute atomic E-state index is 12.9. The summed E-state index contributed by atoms with van der Waals surface area (Å²) in [5, 5.41) is 9.65. The molecule has 182 valence electrons. The van der Waals surface area contributed by atoms with Gasteiger partial charge in [-0.25, -0.2) is 0 Å². The van der Waals surface area contributed by atoms with Crippen LogP contribution in [0.5, 0.6) is 5.75 Å². The number of aryl methyl sites for hydroxylation is 2. The van der Waals surface area contributed by atoms with Gasteiger partial charge in [0.15, 0.2) is 5.76 Å². The van der Waals surface area contributed by atoms with Crippen LogP contribution in [-0.4, -0.2) is 42.0 Å². The third kappa shape index (κ3) is 4.82. The van der Waals surface area contributed by atoms with Crippen molar-refractivity contribution in [2.75, 3.05) is 31.1 Å². The topological polar surface area (TPSA) is 95.7 Å². The number of hydrogen-bond donors (Lipinski definition) is 0. The molecule has 1 fully saturated rings. The number of benzene rings is 2. The van der Waals surface area contributed by atoms with Gasteiger partial charge in [-0.15, -0.1) is 0 Å². The number of ether oxygens (including phenoxy) is 1. The van der Waals surface area contributed by atoms with Crippen molar-refractivity contribution in [1.29, 1.82) is 5.26 Å². The Hall–Kier alpha value is -4.51. The molecule has 1 amide bonds. The van der Waals surface area contributed by atoms with E-state index < -0.39 is 0 Å². The third-order valence-electron chi connectivity index (χ3n) is 6.19. The van der Waals surface area contributed by atoms with Crippen LogP contribution >= 0.6 is 0 Å². The van der Waals surface area contributed by atoms with E-state index in [9.17, 15) is 10.1 Å². The molecule has 2 aromatic heterocycles. The lowest BCUT2D eigenvalue weighted by atomic mass is 10.1. The zero-order valence-corrected chi connectivity index (χ0v) is 20.2. The SMILES string of the molecule is Cc1cccc(OCc2ccc(-c3nc(C#N)c(N4CCN(C(=O)c5ccccc5C)CC4)o3)o2)c1. The smallest absolute Gasteiger partial charge is 0.266 e. The van der Waals surface area contributed by atoms with Crippen LogP contribution in [0.15, 0.2) is 69.5 Å². The van der Waals surface area contributed by atoms with E-state index in [2.05, 4.69) is 11.1 Å². The Bertz CT molecular complexity index is 1420. The highest BCUT2D eigenvalue weighted by Gasteiger charge is 2.28. The van der Waals surface area contributed by atoms with E-state index in [0.717, 1.165) is 16.9 Å². The number of hydrogen-bond acceptors (Lipinski definition) is 7. The Morgan fingerprint density at radius 3 is 2.58 bits per heavy atom. The van der Waals surface area contributed by atoms with Crippen LogP contribution in [0.1, 0.15) is 32.9 Å². The first-order chi connectivity index (χ1) is 17.5. The van der Waals surface area contributed by atoms with Crippen LogP contribution in [0.4, 0.5) is 5.88 Å². The van der Waals surface area contributed by atoms with E-state index in [1.165, 1.54) is 0 Å². The number of carbonyl (C=O) groups excluding carboxylic acids is 1. The van der Waals surface area contributed by atoms with Crippen LogP contribution in [0, 0.1) is 25.2 Å². The molecule has 1 aliphatic heterocycles. The van der Waals surface area contributed by atoms with Gasteiger partial charge in [0.25, 0.3) is 11.8 Å². The molecule has 2 aromatic carbocycles. The van der Waals surface area contributed by atoms with Crippen LogP contribution in [0.2, 0.25) is 0 Å². The van der Waals surface area contributed by atoms with Crippen molar-refractivity contribution in [3.05, 3.63) is 88.8 Å². The first-order valence-corrected chi connectivity index (χ1v) is 11.8. The maximum atomic E-state index is 12.9. The van der Waals surface area contributed by atoms with E-state index in [1.54, 1.807) is 12.1 Å². The second kappa shape index (κ2) is 10.0. The van der Waals surface area contributed by atoms with Gasteiger partial charge >= 0.3 is 0 Å². The lowest BCUT2D eigenvalue weighted by molar-refractivity contribution is 0.0744. The van der Waals surface area contributed by atoms with Crippen LogP contribution in [0.3, 0.4) is 0 Å². The average molecular weight is 483 g/mol. The number of anilines is 1. The van der Waals surface area contributed by atoms with E-state index in [1.807, 2.05) is 72.2 Å². The molecule has 3 heterocycles. The van der Waals surface area contributed by atoms with E-state index in [4.69, 9.17) is 13.6 Å². The van der Waals surface area contributed by atoms with E-state index in [-0.39, 0.29) is 24.1 Å². The molecular weight excluding hydrogens is 456 g/mol. The van der Waals surface area contributed by atoms with Gasteiger partial charge in [-0.2, -0.15) is 10.2 Å². The predicted octanol–water partition coefficient (Wildman–Crippen LogP) is 4.96. The molecule has 0 radical (unpaired) electrons. The Balaban J connectivity index is 1.25. The quantitative estimate of drug-likeness (QED) is 0.383. The number of oxazole rings is 1. The summed E-state index contributed by atoms with van der Waals surface area (Å²) in [4.78, 5) is 21.1. The Morgan fingerprint density at radius 1 is 1.03 bits per heavy atom. The summed E-state index contributed by atoms with van der Waals surface area (Å²) in [7, 11) is 0. The molecule has 0 bridgehead atoms. The Kier molecular flexibility index (Phi) is 6.46. The van der Waals surface area contributed by atoms with Crippen molar-refractivity contribution >= 4 is 11.8 Å². The maximum Gasteiger partial charge on any atom is 0.266 e. The number of piperazine rings is 1. The van der Waals surface area contributed by atoms with Crippen molar-refractivity contribution in [1.82, 2.24) is 9.88 Å². The standard InChI is InChI=1S/C28H26N4O4/c1-19-6-5-8-21(16-19)34-18-22-10-11-25(35-22)26-30-24(17-29)28(36-26)32-14-12-31(13-15-32)27(33)23-9-4-3-7-20(23)2/h3-11,16H,12-15,18H2,1-2H3. The van der Waals surface area contributed by atoms with Gasteiger partial charge in [-0.3, -0.25) is 4.79 Å². The summed E-state index contributed by atoms with van der Waals surface area (Å²) in [6.45, 7) is 6.33. The molecule has 1 saturated heterocycles. The second-order valence-electron chi connectivity index (χ2n) is 8.75. The molecule has 8 nitrogen and oxygen atoms in total. The number of aromatic nitrogens is 1. The van der Waals surface area contributed by atoms with Gasteiger partial charge in [0, 0.05) is 31.7 Å². The highest BCUT2D eigenvalue weighted by Crippen LogP contribution is 2.30. The van der Waals surface area contributed by atoms with Gasteiger partial charge < -0.3 is 23.4 Å². The summed E-state index contributed by atoms with van der Waals surface area (Å²) in [5.74, 6) is 2.45. The highest BCUT2D eigenvalue weighted by molar-refractivity contribution is 5.95. The van der Waals surface area contributed by atoms with Crippen molar-refractivity contribution in [2.24, 2.45) is 0 Å². The minimum Gasteiger partial charge on any atom is -0.486 e. The monoisotopic (exact) mass is 482 g/mol. The van der Waals surface area contributed by atoms with Gasteiger partial charge in [0.2, 0.25) is 11.6 Å². The molecule has 4 aromatic rings. The number of nitrogens with zero attached hydrogens (tertiary/aromatic N) is 4. The predicted molar refractivity (Wildman–Crippen MR) is 134 cm³/mol. The van der Waals surface area contributed by atoms with Crippen LogP contribution < -0.4 is 9.64 Å². The average Bonchev–Trinajstić information content (AvgIpc) is 3.55. The minimum absolute atomic E-state index is 0.0162. The van der Waals surface area contributed by atoms with Gasteiger partial charge in [-0.05, 0) is 55.3 Å². The summed E-state index contributed by atoms with van der Waals surface area (Å²) in [5.41, 5.74) is 2.98. The number of amides is 1. The normalized spacial score (nSPS) is 13.5. The zero-order chi connectivity index (χ0) is 25.1. The highest BCUT2D eigenvalue weighted by atomic mass is 16.5. The first-order valence-electron chi connectivity index (χ1n) is 11.8. The summed E-state index contributed by atoms with van der Waals surface area (Å²) in [6, 6.07) is 21.1. The van der Waals surface area contributed by atoms with Gasteiger partial charge in [0.05, 0.1) is 0 Å². The molecule has 0 aliphatic carbocycles. The molecule has 0 saturated carbocycles. The van der Waals surface area contributed by atoms with Gasteiger partial charge in [0.1, 0.15) is 24.2 Å². The zero-order valence-electron chi connectivity index (χ0n) is 20.2. The number of furan rings is 1. The molecular formula is C28H26N4O4. The molecule has 5 rings (SSSR count). The molecule has 0 N–H and O–H groups in total. The van der Waals surface area contributed by atoms with Crippen molar-refractivity contribution in [2.45, 2.75) is 20.5 Å². The fourth-order valence-corrected chi connectivity index (χ4v) is 4.23. The second-order valence-corrected chi connectivity index (χ2v) is 8.75. The van der Waals surface area contributed by atoms with E-state index in [0.29, 0.717) is 49.1 Å². The molecule has 1 aliphatic rings. The lowest BCUT2D eigenvalue weighted by Gasteiger charge is -2.34. The fourth-order valence-electron chi connectivity index (χ4n) is 4.23. The number of carbonyl (C=O) groups is 1. The summed E-state index contributed by atoms with van der Waals surface area (Å²) in [6.07, 6.45) is 0. The molecule has 0 unspecified atom stereocenters. The molecule has 0 spiro atoms. The van der Waals surface area contributed by atoms with Crippen LogP contribution in [0.25, 0.3) is 11.7 Å². The summed E-state index contributed by atoms with van der Waals surface area (Å²) < 4.78 is 17.6. The van der Waals surface area contributed by atoms with E-state index >= 15 is 0 Å². The minimum atomic E-state index is 0.0162. The Labute approximate surface area is 209 Å². The van der Waals surface area contributed by atoms with Crippen molar-refractivity contribution in [3.8, 4) is 23.5 Å². The summed E-state index contributed by atoms with van der Waals surface area (Å²) >= 11 is 0. The Morgan fingerprint density at radius 2 is 1.83 bits per heavy atom. The first kappa shape index (κ1) is 23.2. The fraction of sp³-hybridized carbons (Fsp3) is 0.250. The van der Waals surface area contributed by atoms with Gasteiger partial charge in [-0.1, -0.05) is 30.3 Å². The molecule has 36 heavy (non-hydrogen) atoms. The molecule has 8 heteroatoms. The molecule has 0 atom stereocenters. The third-order valence-corrected chi connectivity index (χ3v) is 6.19. The number of rotatable bonds is 6. The lowest BCUT2D eigenvalue weighted by Crippen LogP contribution is -2.49. The van der Waals surface area contributed by atoms with Crippen molar-refractivity contribution < 1.29 is 18.4 Å². The van der Waals surface area contributed by atoms with Crippen LogP contribution in [-0.2, 0) is 6.61 Å². The largest absolute Gasteiger partial charge is 0.486 e. The number of nitriles is 1. The van der Waals surface area contributed by atoms with Crippen molar-refractivity contribution in [3.63, 3.8) is 0 Å².